The van der Waals surface area contributed by atoms with E-state index in [4.69, 9.17) is 23.2 Å². The fourth-order valence-corrected chi connectivity index (χ4v) is 4.69. The number of carbonyl (C=O) groups excluding carboxylic acids is 1. The van der Waals surface area contributed by atoms with Crippen molar-refractivity contribution in [2.45, 2.75) is 36.7 Å². The minimum Gasteiger partial charge on any atom is -0.309 e. The van der Waals surface area contributed by atoms with Gasteiger partial charge in [-0.3, -0.25) is 9.69 Å². The molecule has 0 bridgehead atoms. The van der Waals surface area contributed by atoms with Gasteiger partial charge < -0.3 is 5.32 Å². The van der Waals surface area contributed by atoms with E-state index < -0.39 is 10.0 Å². The van der Waals surface area contributed by atoms with Crippen LogP contribution in [0.25, 0.3) is 0 Å². The van der Waals surface area contributed by atoms with Gasteiger partial charge in [-0.25, -0.2) is 18.1 Å². The molecule has 7 nitrogen and oxygen atoms in total. The average Bonchev–Trinajstić information content (AvgIpc) is 2.70. The molecule has 1 atom stereocenters. The number of hydrogen-bond donors (Lipinski definition) is 2. The van der Waals surface area contributed by atoms with Crippen LogP contribution in [0.2, 0.25) is 10.0 Å². The Hall–Kier alpha value is -1.71. The molecule has 0 aliphatic carbocycles. The molecule has 1 aromatic carbocycles. The van der Waals surface area contributed by atoms with Crippen LogP contribution in [0.5, 0.6) is 0 Å². The minimum absolute atomic E-state index is 0.167. The summed E-state index contributed by atoms with van der Waals surface area (Å²) in [5, 5.41) is 3.75. The highest BCUT2D eigenvalue weighted by Gasteiger charge is 2.29. The molecule has 156 valence electrons. The molecule has 0 saturated carbocycles. The molecule has 3 rings (SSSR count). The number of aromatic nitrogens is 1. The number of carbonyl (C=O) groups is 1. The lowest BCUT2D eigenvalue weighted by Gasteiger charge is -2.35. The zero-order chi connectivity index (χ0) is 21.0. The molecule has 1 saturated heterocycles. The summed E-state index contributed by atoms with van der Waals surface area (Å²) in [7, 11) is -3.60. The number of anilines is 1. The van der Waals surface area contributed by atoms with Crippen molar-refractivity contribution in [3.05, 3.63) is 52.6 Å². The van der Waals surface area contributed by atoms with Crippen LogP contribution in [0.1, 0.15) is 19.8 Å². The minimum atomic E-state index is -3.60. The standard InChI is InChI=1S/C19H22Cl2N4O3S/c1-13(19(26)23-18-7-4-15(21)12-22-18)25-10-8-16(9-11-25)24-29(27,28)17-5-2-14(20)3-6-17/h2-7,12-13,16,24H,8-11H2,1H3,(H,22,23,26). The second kappa shape index (κ2) is 9.40. The summed E-state index contributed by atoms with van der Waals surface area (Å²) >= 11 is 11.6. The van der Waals surface area contributed by atoms with Gasteiger partial charge in [-0.05, 0) is 56.2 Å². The summed E-state index contributed by atoms with van der Waals surface area (Å²) in [6, 6.07) is 8.83. The number of amides is 1. The van der Waals surface area contributed by atoms with E-state index in [1.54, 1.807) is 24.3 Å². The molecule has 1 aliphatic heterocycles. The van der Waals surface area contributed by atoms with E-state index in [0.717, 1.165) is 0 Å². The highest BCUT2D eigenvalue weighted by Crippen LogP contribution is 2.19. The Kier molecular flexibility index (Phi) is 7.13. The summed E-state index contributed by atoms with van der Waals surface area (Å²) in [5.41, 5.74) is 0. The third kappa shape index (κ3) is 5.90. The molecule has 2 aromatic rings. The molecule has 2 heterocycles. The van der Waals surface area contributed by atoms with E-state index >= 15 is 0 Å². The Morgan fingerprint density at radius 3 is 2.31 bits per heavy atom. The van der Waals surface area contributed by atoms with Crippen molar-refractivity contribution in [2.75, 3.05) is 18.4 Å². The lowest BCUT2D eigenvalue weighted by molar-refractivity contribution is -0.121. The average molecular weight is 457 g/mol. The van der Waals surface area contributed by atoms with Gasteiger partial charge in [0.2, 0.25) is 15.9 Å². The van der Waals surface area contributed by atoms with Gasteiger partial charge in [-0.15, -0.1) is 0 Å². The normalized spacial score (nSPS) is 17.1. The Labute approximate surface area is 180 Å². The second-order valence-electron chi connectivity index (χ2n) is 6.91. The van der Waals surface area contributed by atoms with Gasteiger partial charge in [0, 0.05) is 30.4 Å². The number of halogens is 2. The zero-order valence-corrected chi connectivity index (χ0v) is 18.1. The quantitative estimate of drug-likeness (QED) is 0.696. The van der Waals surface area contributed by atoms with E-state index in [9.17, 15) is 13.2 Å². The predicted molar refractivity (Wildman–Crippen MR) is 114 cm³/mol. The highest BCUT2D eigenvalue weighted by atomic mass is 35.5. The molecule has 1 aromatic heterocycles. The van der Waals surface area contributed by atoms with Crippen LogP contribution >= 0.6 is 23.2 Å². The maximum absolute atomic E-state index is 12.5. The number of hydrogen-bond acceptors (Lipinski definition) is 5. The maximum atomic E-state index is 12.5. The molecule has 2 N–H and O–H groups in total. The van der Waals surface area contributed by atoms with Gasteiger partial charge in [0.1, 0.15) is 5.82 Å². The van der Waals surface area contributed by atoms with Crippen molar-refractivity contribution in [1.29, 1.82) is 0 Å². The molecular weight excluding hydrogens is 435 g/mol. The third-order valence-corrected chi connectivity index (χ3v) is 6.89. The summed E-state index contributed by atoms with van der Waals surface area (Å²) in [4.78, 5) is 18.8. The lowest BCUT2D eigenvalue weighted by atomic mass is 10.0. The molecule has 29 heavy (non-hydrogen) atoms. The first-order chi connectivity index (χ1) is 13.7. The van der Waals surface area contributed by atoms with E-state index in [-0.39, 0.29) is 22.9 Å². The van der Waals surface area contributed by atoms with E-state index in [0.29, 0.717) is 41.8 Å². The van der Waals surface area contributed by atoms with Crippen LogP contribution in [-0.2, 0) is 14.8 Å². The smallest absolute Gasteiger partial charge is 0.242 e. The molecule has 0 spiro atoms. The predicted octanol–water partition coefficient (Wildman–Crippen LogP) is 3.16. The SMILES string of the molecule is CC(C(=O)Nc1ccc(Cl)cn1)N1CCC(NS(=O)(=O)c2ccc(Cl)cc2)CC1. The third-order valence-electron chi connectivity index (χ3n) is 4.88. The first kappa shape index (κ1) is 22.0. The van der Waals surface area contributed by atoms with Gasteiger partial charge in [-0.1, -0.05) is 23.2 Å². The molecule has 0 radical (unpaired) electrons. The summed E-state index contributed by atoms with van der Waals surface area (Å²) in [5.74, 6) is 0.275. The van der Waals surface area contributed by atoms with Crippen molar-refractivity contribution < 1.29 is 13.2 Å². The van der Waals surface area contributed by atoms with Crippen LogP contribution in [-0.4, -0.2) is 49.4 Å². The molecular formula is C19H22Cl2N4O3S. The Morgan fingerprint density at radius 2 is 1.72 bits per heavy atom. The fourth-order valence-electron chi connectivity index (χ4n) is 3.15. The first-order valence-corrected chi connectivity index (χ1v) is 11.4. The number of pyridine rings is 1. The van der Waals surface area contributed by atoms with Crippen LogP contribution in [0.3, 0.4) is 0 Å². The number of nitrogens with zero attached hydrogens (tertiary/aromatic N) is 2. The number of rotatable bonds is 6. The number of piperidine rings is 1. The fraction of sp³-hybridized carbons (Fsp3) is 0.368. The highest BCUT2D eigenvalue weighted by molar-refractivity contribution is 7.89. The summed E-state index contributed by atoms with van der Waals surface area (Å²) in [6.45, 7) is 3.04. The van der Waals surface area contributed by atoms with Crippen LogP contribution in [0.15, 0.2) is 47.5 Å². The van der Waals surface area contributed by atoms with Crippen LogP contribution in [0.4, 0.5) is 5.82 Å². The van der Waals surface area contributed by atoms with E-state index in [2.05, 4.69) is 15.0 Å². The largest absolute Gasteiger partial charge is 0.309 e. The van der Waals surface area contributed by atoms with Gasteiger partial charge in [0.05, 0.1) is 16.0 Å². The first-order valence-electron chi connectivity index (χ1n) is 9.19. The van der Waals surface area contributed by atoms with Crippen molar-refractivity contribution in [3.63, 3.8) is 0 Å². The van der Waals surface area contributed by atoms with E-state index in [1.807, 2.05) is 11.8 Å². The van der Waals surface area contributed by atoms with Crippen molar-refractivity contribution >= 4 is 45.0 Å². The van der Waals surface area contributed by atoms with Gasteiger partial charge in [0.15, 0.2) is 0 Å². The maximum Gasteiger partial charge on any atom is 0.242 e. The Bertz CT molecular complexity index is 944. The van der Waals surface area contributed by atoms with Gasteiger partial charge in [-0.2, -0.15) is 0 Å². The molecule has 10 heteroatoms. The summed E-state index contributed by atoms with van der Waals surface area (Å²) in [6.07, 6.45) is 2.70. The molecule has 1 unspecified atom stereocenters. The number of likely N-dealkylation sites (tertiary alicyclic amines) is 1. The molecule has 1 amide bonds. The van der Waals surface area contributed by atoms with Crippen LogP contribution in [0, 0.1) is 0 Å². The number of benzene rings is 1. The Balaban J connectivity index is 1.52. The lowest BCUT2D eigenvalue weighted by Crippen LogP contribution is -2.50. The van der Waals surface area contributed by atoms with Gasteiger partial charge in [0.25, 0.3) is 0 Å². The van der Waals surface area contributed by atoms with Crippen molar-refractivity contribution in [3.8, 4) is 0 Å². The Morgan fingerprint density at radius 1 is 1.10 bits per heavy atom. The van der Waals surface area contributed by atoms with Crippen molar-refractivity contribution in [2.24, 2.45) is 0 Å². The monoisotopic (exact) mass is 456 g/mol. The van der Waals surface area contributed by atoms with Crippen molar-refractivity contribution in [1.82, 2.24) is 14.6 Å². The molecule has 1 aliphatic rings. The number of nitrogens with one attached hydrogen (secondary N) is 2. The molecule has 1 fully saturated rings. The number of sulfonamides is 1. The topological polar surface area (TPSA) is 91.4 Å². The van der Waals surface area contributed by atoms with Crippen LogP contribution < -0.4 is 10.0 Å². The summed E-state index contributed by atoms with van der Waals surface area (Å²) < 4.78 is 27.8. The van der Waals surface area contributed by atoms with Gasteiger partial charge >= 0.3 is 0 Å². The zero-order valence-electron chi connectivity index (χ0n) is 15.8. The van der Waals surface area contributed by atoms with E-state index in [1.165, 1.54) is 18.3 Å². The second-order valence-corrected chi connectivity index (χ2v) is 9.50.